The molecule has 0 aliphatic heterocycles. The largest absolute Gasteiger partial charge is 0.382 e. The molecule has 1 aromatic carbocycles. The van der Waals surface area contributed by atoms with Crippen molar-refractivity contribution < 1.29 is 4.74 Å². The lowest BCUT2D eigenvalue weighted by molar-refractivity contribution is 0.00508. The molecule has 1 aromatic rings. The molecule has 0 fully saturated rings. The highest BCUT2D eigenvalue weighted by molar-refractivity contribution is 5.42. The van der Waals surface area contributed by atoms with E-state index >= 15 is 0 Å². The summed E-state index contributed by atoms with van der Waals surface area (Å²) in [7, 11) is 0. The Hall–Kier alpha value is -1.02. The average Bonchev–Trinajstić information content (AvgIpc) is 2.26. The number of benzene rings is 1. The maximum atomic E-state index is 5.92. The number of hydrogen-bond donors (Lipinski definition) is 1. The second-order valence-electron chi connectivity index (χ2n) is 5.13. The van der Waals surface area contributed by atoms with Gasteiger partial charge in [0.25, 0.3) is 0 Å². The van der Waals surface area contributed by atoms with Crippen molar-refractivity contribution in [2.75, 3.05) is 11.9 Å². The molecule has 0 spiro atoms. The summed E-state index contributed by atoms with van der Waals surface area (Å²) in [4.78, 5) is 0. The van der Waals surface area contributed by atoms with Gasteiger partial charge in [-0.1, -0.05) is 32.0 Å². The fourth-order valence-corrected chi connectivity index (χ4v) is 1.98. The number of hydrogen-bond acceptors (Lipinski definition) is 2. The van der Waals surface area contributed by atoms with Crippen molar-refractivity contribution in [3.8, 4) is 0 Å². The van der Waals surface area contributed by atoms with E-state index in [1.807, 2.05) is 18.2 Å². The minimum Gasteiger partial charge on any atom is -0.382 e. The van der Waals surface area contributed by atoms with Crippen molar-refractivity contribution in [1.29, 1.82) is 0 Å². The van der Waals surface area contributed by atoms with Crippen LogP contribution in [0.3, 0.4) is 0 Å². The average molecular weight is 235 g/mol. The second kappa shape index (κ2) is 7.33. The molecule has 2 atom stereocenters. The lowest BCUT2D eigenvalue weighted by atomic mass is 10.1. The van der Waals surface area contributed by atoms with Crippen LogP contribution in [0.2, 0.25) is 0 Å². The first-order valence-electron chi connectivity index (χ1n) is 6.52. The van der Waals surface area contributed by atoms with E-state index in [1.54, 1.807) is 0 Å². The van der Waals surface area contributed by atoms with Gasteiger partial charge in [-0.3, -0.25) is 0 Å². The van der Waals surface area contributed by atoms with E-state index in [0.29, 0.717) is 12.0 Å². The zero-order valence-corrected chi connectivity index (χ0v) is 11.4. The SMILES string of the molecule is CC(C)CC(C)OC(C)CNc1ccccc1. The Morgan fingerprint density at radius 2 is 1.65 bits per heavy atom. The third-order valence-electron chi connectivity index (χ3n) is 2.64. The number of nitrogens with one attached hydrogen (secondary N) is 1. The van der Waals surface area contributed by atoms with Gasteiger partial charge in [-0.05, 0) is 38.3 Å². The summed E-state index contributed by atoms with van der Waals surface area (Å²) >= 11 is 0. The van der Waals surface area contributed by atoms with Gasteiger partial charge in [-0.2, -0.15) is 0 Å². The quantitative estimate of drug-likeness (QED) is 0.773. The molecule has 0 saturated carbocycles. The third kappa shape index (κ3) is 6.32. The predicted octanol–water partition coefficient (Wildman–Crippen LogP) is 3.94. The third-order valence-corrected chi connectivity index (χ3v) is 2.64. The van der Waals surface area contributed by atoms with Crippen LogP contribution in [0.4, 0.5) is 5.69 Å². The molecule has 1 rings (SSSR count). The van der Waals surface area contributed by atoms with Crippen LogP contribution in [-0.4, -0.2) is 18.8 Å². The van der Waals surface area contributed by atoms with Crippen LogP contribution in [0.15, 0.2) is 30.3 Å². The Labute approximate surface area is 105 Å². The second-order valence-corrected chi connectivity index (χ2v) is 5.13. The van der Waals surface area contributed by atoms with Crippen LogP contribution in [0, 0.1) is 5.92 Å². The summed E-state index contributed by atoms with van der Waals surface area (Å²) < 4.78 is 5.92. The van der Waals surface area contributed by atoms with Gasteiger partial charge < -0.3 is 10.1 Å². The van der Waals surface area contributed by atoms with Crippen molar-refractivity contribution in [2.45, 2.75) is 46.3 Å². The summed E-state index contributed by atoms with van der Waals surface area (Å²) in [5.74, 6) is 0.694. The highest BCUT2D eigenvalue weighted by Gasteiger charge is 2.09. The Balaban J connectivity index is 2.23. The Morgan fingerprint density at radius 1 is 1.00 bits per heavy atom. The standard InChI is InChI=1S/C15H25NO/c1-12(2)10-13(3)17-14(4)11-16-15-8-6-5-7-9-15/h5-9,12-14,16H,10-11H2,1-4H3. The maximum Gasteiger partial charge on any atom is 0.0722 e. The number of ether oxygens (including phenoxy) is 1. The Bertz CT molecular complexity index is 297. The van der Waals surface area contributed by atoms with Gasteiger partial charge in [-0.25, -0.2) is 0 Å². The molecule has 0 aromatic heterocycles. The maximum absolute atomic E-state index is 5.92. The van der Waals surface area contributed by atoms with Gasteiger partial charge >= 0.3 is 0 Å². The van der Waals surface area contributed by atoms with Crippen LogP contribution in [0.25, 0.3) is 0 Å². The first-order valence-corrected chi connectivity index (χ1v) is 6.52. The van der Waals surface area contributed by atoms with Crippen molar-refractivity contribution in [3.63, 3.8) is 0 Å². The van der Waals surface area contributed by atoms with Crippen molar-refractivity contribution in [2.24, 2.45) is 5.92 Å². The molecule has 0 saturated heterocycles. The van der Waals surface area contributed by atoms with E-state index in [4.69, 9.17) is 4.74 Å². The molecular weight excluding hydrogens is 210 g/mol. The molecule has 0 amide bonds. The summed E-state index contributed by atoms with van der Waals surface area (Å²) in [6, 6.07) is 10.2. The monoisotopic (exact) mass is 235 g/mol. The van der Waals surface area contributed by atoms with Crippen molar-refractivity contribution >= 4 is 5.69 Å². The molecule has 0 heterocycles. The fraction of sp³-hybridized carbons (Fsp3) is 0.600. The summed E-state index contributed by atoms with van der Waals surface area (Å²) in [5.41, 5.74) is 1.15. The van der Waals surface area contributed by atoms with E-state index in [1.165, 1.54) is 0 Å². The zero-order chi connectivity index (χ0) is 12.7. The minimum absolute atomic E-state index is 0.240. The van der Waals surface area contributed by atoms with Crippen molar-refractivity contribution in [1.82, 2.24) is 0 Å². The zero-order valence-electron chi connectivity index (χ0n) is 11.4. The van der Waals surface area contributed by atoms with E-state index < -0.39 is 0 Å². The molecule has 2 heteroatoms. The molecule has 0 bridgehead atoms. The summed E-state index contributed by atoms with van der Waals surface area (Å²) in [6.07, 6.45) is 1.70. The van der Waals surface area contributed by atoms with Gasteiger partial charge in [0.1, 0.15) is 0 Å². The first kappa shape index (κ1) is 14.0. The lowest BCUT2D eigenvalue weighted by Crippen LogP contribution is -2.25. The highest BCUT2D eigenvalue weighted by atomic mass is 16.5. The molecule has 1 N–H and O–H groups in total. The highest BCUT2D eigenvalue weighted by Crippen LogP contribution is 2.11. The van der Waals surface area contributed by atoms with E-state index in [-0.39, 0.29) is 6.10 Å². The van der Waals surface area contributed by atoms with E-state index in [9.17, 15) is 0 Å². The summed E-state index contributed by atoms with van der Waals surface area (Å²) in [5, 5.41) is 3.38. The van der Waals surface area contributed by atoms with Gasteiger partial charge in [0.15, 0.2) is 0 Å². The Morgan fingerprint density at radius 3 is 2.24 bits per heavy atom. The Kier molecular flexibility index (Phi) is 6.06. The molecular formula is C15H25NO. The van der Waals surface area contributed by atoms with Crippen LogP contribution < -0.4 is 5.32 Å². The smallest absolute Gasteiger partial charge is 0.0722 e. The van der Waals surface area contributed by atoms with Crippen LogP contribution in [0.1, 0.15) is 34.1 Å². The molecule has 17 heavy (non-hydrogen) atoms. The summed E-state index contributed by atoms with van der Waals surface area (Å²) in [6.45, 7) is 9.58. The predicted molar refractivity (Wildman–Crippen MR) is 74.4 cm³/mol. The normalized spacial score (nSPS) is 14.6. The first-order chi connectivity index (χ1) is 8.08. The van der Waals surface area contributed by atoms with Gasteiger partial charge in [-0.15, -0.1) is 0 Å². The molecule has 96 valence electrons. The van der Waals surface area contributed by atoms with E-state index in [2.05, 4.69) is 45.1 Å². The van der Waals surface area contributed by atoms with Gasteiger partial charge in [0.2, 0.25) is 0 Å². The van der Waals surface area contributed by atoms with Gasteiger partial charge in [0.05, 0.1) is 12.2 Å². The molecule has 0 radical (unpaired) electrons. The number of para-hydroxylation sites is 1. The van der Waals surface area contributed by atoms with Gasteiger partial charge in [0, 0.05) is 12.2 Å². The number of rotatable bonds is 7. The molecule has 2 unspecified atom stereocenters. The molecule has 0 aliphatic carbocycles. The van der Waals surface area contributed by atoms with Crippen molar-refractivity contribution in [3.05, 3.63) is 30.3 Å². The van der Waals surface area contributed by atoms with Crippen LogP contribution in [-0.2, 0) is 4.74 Å². The minimum atomic E-state index is 0.240. The topological polar surface area (TPSA) is 21.3 Å². The van der Waals surface area contributed by atoms with Crippen LogP contribution in [0.5, 0.6) is 0 Å². The fourth-order valence-electron chi connectivity index (χ4n) is 1.98. The molecule has 2 nitrogen and oxygen atoms in total. The molecule has 0 aliphatic rings. The number of anilines is 1. The lowest BCUT2D eigenvalue weighted by Gasteiger charge is -2.21. The van der Waals surface area contributed by atoms with E-state index in [0.717, 1.165) is 18.7 Å². The van der Waals surface area contributed by atoms with Crippen LogP contribution >= 0.6 is 0 Å².